The number of oxazole rings is 1. The first-order valence-corrected chi connectivity index (χ1v) is 12.7. The predicted octanol–water partition coefficient (Wildman–Crippen LogP) is 7.15. The van der Waals surface area contributed by atoms with Gasteiger partial charge in [0.1, 0.15) is 23.2 Å². The summed E-state index contributed by atoms with van der Waals surface area (Å²) in [5.41, 5.74) is 1.92. The summed E-state index contributed by atoms with van der Waals surface area (Å²) in [6.45, 7) is 0.330. The molecule has 5 aromatic rings. The van der Waals surface area contributed by atoms with Crippen molar-refractivity contribution in [3.05, 3.63) is 77.9 Å². The van der Waals surface area contributed by atoms with E-state index in [4.69, 9.17) is 4.42 Å². The van der Waals surface area contributed by atoms with Gasteiger partial charge in [0.25, 0.3) is 0 Å². The number of nitrogens with one attached hydrogen (secondary N) is 1. The standard InChI is InChI=1S/C29H25F4N5O/c1-38-16-35-37-27(38)23-14-20(30)9-10-22(23)18-5-4-6-19(13-18)28-36-25-12-17(15-34-21-7-2-3-8-21)11-24(26(25)39-28)29(31,32)33/h4-6,9-14,16,21,34H,2-3,7-8,15H2,1H3. The van der Waals surface area contributed by atoms with Crippen LogP contribution in [0.5, 0.6) is 0 Å². The fourth-order valence-corrected chi connectivity index (χ4v) is 5.22. The number of hydrogen-bond acceptors (Lipinski definition) is 5. The molecule has 0 radical (unpaired) electrons. The van der Waals surface area contributed by atoms with Crippen LogP contribution in [0.3, 0.4) is 0 Å². The number of fused-ring (bicyclic) bond motifs is 1. The smallest absolute Gasteiger partial charge is 0.420 e. The van der Waals surface area contributed by atoms with Crippen molar-refractivity contribution in [2.45, 2.75) is 44.4 Å². The van der Waals surface area contributed by atoms with Crippen molar-refractivity contribution in [3.63, 3.8) is 0 Å². The van der Waals surface area contributed by atoms with Gasteiger partial charge in [-0.05, 0) is 65.9 Å². The van der Waals surface area contributed by atoms with Crippen molar-refractivity contribution in [2.75, 3.05) is 0 Å². The molecule has 0 spiro atoms. The molecule has 0 unspecified atom stereocenters. The lowest BCUT2D eigenvalue weighted by Gasteiger charge is -2.13. The van der Waals surface area contributed by atoms with Gasteiger partial charge in [-0.2, -0.15) is 13.2 Å². The predicted molar refractivity (Wildman–Crippen MR) is 139 cm³/mol. The maximum absolute atomic E-state index is 14.2. The first-order valence-electron chi connectivity index (χ1n) is 12.7. The van der Waals surface area contributed by atoms with Crippen LogP contribution in [0.2, 0.25) is 0 Å². The summed E-state index contributed by atoms with van der Waals surface area (Å²) in [6.07, 6.45) is 1.26. The van der Waals surface area contributed by atoms with Gasteiger partial charge in [-0.15, -0.1) is 10.2 Å². The van der Waals surface area contributed by atoms with E-state index in [0.717, 1.165) is 31.7 Å². The Morgan fingerprint density at radius 2 is 1.79 bits per heavy atom. The number of rotatable bonds is 6. The molecule has 1 fully saturated rings. The molecule has 0 atom stereocenters. The number of benzene rings is 3. The molecule has 2 heterocycles. The summed E-state index contributed by atoms with van der Waals surface area (Å²) in [6, 6.07) is 14.5. The van der Waals surface area contributed by atoms with Gasteiger partial charge in [0.05, 0.1) is 0 Å². The first kappa shape index (κ1) is 25.2. The van der Waals surface area contributed by atoms with E-state index in [1.54, 1.807) is 41.9 Å². The Morgan fingerprint density at radius 3 is 2.54 bits per heavy atom. The second kappa shape index (κ2) is 9.92. The van der Waals surface area contributed by atoms with Crippen LogP contribution in [0.15, 0.2) is 65.3 Å². The Hall–Kier alpha value is -4.05. The molecule has 0 amide bonds. The van der Waals surface area contributed by atoms with Crippen molar-refractivity contribution in [2.24, 2.45) is 7.05 Å². The molecule has 6 rings (SSSR count). The second-order valence-corrected chi connectivity index (χ2v) is 9.91. The number of aromatic nitrogens is 4. The average molecular weight is 536 g/mol. The van der Waals surface area contributed by atoms with Crippen LogP contribution in [0.25, 0.3) is 45.1 Å². The highest BCUT2D eigenvalue weighted by Crippen LogP contribution is 2.39. The van der Waals surface area contributed by atoms with Crippen LogP contribution < -0.4 is 5.32 Å². The topological polar surface area (TPSA) is 68.8 Å². The summed E-state index contributed by atoms with van der Waals surface area (Å²) in [5.74, 6) is 0.121. The fourth-order valence-electron chi connectivity index (χ4n) is 5.22. The lowest BCUT2D eigenvalue weighted by atomic mass is 9.97. The summed E-state index contributed by atoms with van der Waals surface area (Å²) in [5, 5.41) is 11.4. The van der Waals surface area contributed by atoms with E-state index in [9.17, 15) is 17.6 Å². The summed E-state index contributed by atoms with van der Waals surface area (Å²) >= 11 is 0. The van der Waals surface area contributed by atoms with Gasteiger partial charge in [-0.25, -0.2) is 9.37 Å². The van der Waals surface area contributed by atoms with Gasteiger partial charge in [-0.3, -0.25) is 0 Å². The molecule has 0 bridgehead atoms. The highest BCUT2D eigenvalue weighted by Gasteiger charge is 2.35. The minimum Gasteiger partial charge on any atom is -0.435 e. The Kier molecular flexibility index (Phi) is 6.42. The highest BCUT2D eigenvalue weighted by molar-refractivity contribution is 5.84. The van der Waals surface area contributed by atoms with Gasteiger partial charge < -0.3 is 14.3 Å². The molecule has 1 saturated carbocycles. The zero-order valence-electron chi connectivity index (χ0n) is 21.1. The number of alkyl halides is 3. The SMILES string of the molecule is Cn1cnnc1-c1cc(F)ccc1-c1cccc(-c2nc3cc(CNC4CCCC4)cc(C(F)(F)F)c3o2)c1. The lowest BCUT2D eigenvalue weighted by Crippen LogP contribution is -2.25. The molecule has 0 saturated heterocycles. The van der Waals surface area contributed by atoms with E-state index in [1.165, 1.54) is 18.5 Å². The van der Waals surface area contributed by atoms with E-state index in [1.807, 2.05) is 6.07 Å². The average Bonchev–Trinajstić information content (AvgIpc) is 3.67. The van der Waals surface area contributed by atoms with Gasteiger partial charge >= 0.3 is 6.18 Å². The van der Waals surface area contributed by atoms with Crippen LogP contribution >= 0.6 is 0 Å². The Labute approximate surface area is 221 Å². The number of hydrogen-bond donors (Lipinski definition) is 1. The lowest BCUT2D eigenvalue weighted by molar-refractivity contribution is -0.136. The third-order valence-electron chi connectivity index (χ3n) is 7.16. The third-order valence-corrected chi connectivity index (χ3v) is 7.16. The number of nitrogens with zero attached hydrogens (tertiary/aromatic N) is 4. The number of halogens is 4. The molecule has 10 heteroatoms. The molecular weight excluding hydrogens is 510 g/mol. The van der Waals surface area contributed by atoms with Crippen LogP contribution in [0, 0.1) is 5.82 Å². The van der Waals surface area contributed by atoms with Crippen molar-refractivity contribution in [3.8, 4) is 34.0 Å². The van der Waals surface area contributed by atoms with E-state index in [-0.39, 0.29) is 17.0 Å². The maximum Gasteiger partial charge on any atom is 0.420 e. The molecule has 200 valence electrons. The van der Waals surface area contributed by atoms with Gasteiger partial charge in [0.2, 0.25) is 5.89 Å². The normalized spacial score (nSPS) is 14.5. The molecule has 0 aliphatic heterocycles. The fraction of sp³-hybridized carbons (Fsp3) is 0.276. The molecular formula is C29H25F4N5O. The van der Waals surface area contributed by atoms with Gasteiger partial charge in [0.15, 0.2) is 11.4 Å². The minimum absolute atomic E-state index is 0.0700. The molecule has 3 aromatic carbocycles. The van der Waals surface area contributed by atoms with Gasteiger partial charge in [0, 0.05) is 30.8 Å². The Morgan fingerprint density at radius 1 is 1.00 bits per heavy atom. The van der Waals surface area contributed by atoms with Crippen molar-refractivity contribution < 1.29 is 22.0 Å². The van der Waals surface area contributed by atoms with Crippen LogP contribution in [-0.2, 0) is 19.8 Å². The van der Waals surface area contributed by atoms with E-state index >= 15 is 0 Å². The van der Waals surface area contributed by atoms with Crippen molar-refractivity contribution >= 4 is 11.1 Å². The van der Waals surface area contributed by atoms with Gasteiger partial charge in [-0.1, -0.05) is 31.0 Å². The Bertz CT molecular complexity index is 1650. The molecule has 1 aliphatic rings. The number of aryl methyl sites for hydroxylation is 1. The first-order chi connectivity index (χ1) is 18.8. The van der Waals surface area contributed by atoms with E-state index < -0.39 is 17.6 Å². The van der Waals surface area contributed by atoms with Crippen LogP contribution in [0.4, 0.5) is 17.6 Å². The zero-order chi connectivity index (χ0) is 27.1. The summed E-state index contributed by atoms with van der Waals surface area (Å²) < 4.78 is 63.7. The Balaban J connectivity index is 1.40. The molecule has 1 aliphatic carbocycles. The van der Waals surface area contributed by atoms with Crippen LogP contribution in [-0.4, -0.2) is 25.8 Å². The monoisotopic (exact) mass is 535 g/mol. The quantitative estimate of drug-likeness (QED) is 0.234. The highest BCUT2D eigenvalue weighted by atomic mass is 19.4. The minimum atomic E-state index is -4.60. The van der Waals surface area contributed by atoms with Crippen LogP contribution in [0.1, 0.15) is 36.8 Å². The molecule has 6 nitrogen and oxygen atoms in total. The summed E-state index contributed by atoms with van der Waals surface area (Å²) in [4.78, 5) is 4.45. The van der Waals surface area contributed by atoms with Crippen molar-refractivity contribution in [1.29, 1.82) is 0 Å². The van der Waals surface area contributed by atoms with E-state index in [2.05, 4.69) is 20.5 Å². The molecule has 2 aromatic heterocycles. The largest absolute Gasteiger partial charge is 0.435 e. The van der Waals surface area contributed by atoms with E-state index in [0.29, 0.717) is 46.2 Å². The molecule has 39 heavy (non-hydrogen) atoms. The summed E-state index contributed by atoms with van der Waals surface area (Å²) in [7, 11) is 1.76. The van der Waals surface area contributed by atoms with Crippen molar-refractivity contribution in [1.82, 2.24) is 25.1 Å². The third kappa shape index (κ3) is 5.04. The maximum atomic E-state index is 14.2. The second-order valence-electron chi connectivity index (χ2n) is 9.91. The molecule has 1 N–H and O–H groups in total. The zero-order valence-corrected chi connectivity index (χ0v) is 21.1.